The van der Waals surface area contributed by atoms with Crippen LogP contribution < -0.4 is 5.48 Å². The molecule has 0 saturated carbocycles. The Bertz CT molecular complexity index is 866. The number of carbonyl (C=O) groups is 1. The van der Waals surface area contributed by atoms with E-state index in [-0.39, 0.29) is 61.1 Å². The van der Waals surface area contributed by atoms with Crippen molar-refractivity contribution >= 4 is 39.5 Å². The molecule has 0 bridgehead atoms. The molecule has 0 radical (unpaired) electrons. The lowest BCUT2D eigenvalue weighted by Crippen LogP contribution is -2.60. The van der Waals surface area contributed by atoms with E-state index in [9.17, 15) is 26.4 Å². The molecule has 1 aromatic rings. The molecule has 13 heteroatoms. The Balaban J connectivity index is 1.61. The maximum atomic E-state index is 13.3. The number of benzene rings is 1. The largest absolute Gasteiger partial charge is 0.446 e. The van der Waals surface area contributed by atoms with Crippen molar-refractivity contribution in [2.45, 2.75) is 51.0 Å². The van der Waals surface area contributed by atoms with Crippen LogP contribution in [0.15, 0.2) is 34.1 Å². The van der Waals surface area contributed by atoms with E-state index >= 15 is 0 Å². The summed E-state index contributed by atoms with van der Waals surface area (Å²) in [5.74, 6) is -0.941. The standard InChI is InChI=1S/C18H23F3N2O5S3/c19-18(20,21)30-15-3-1-13(2-4-15)29-14-5-9-23(10-6-14)31(26,27)17(16(24)22-25)7-11-28-12-8-17/h1-4,14,25H,5-12H2,(H,22,24). The second-order valence-corrected chi connectivity index (χ2v) is 12.0. The molecular formula is C18H23F3N2O5S3. The van der Waals surface area contributed by atoms with Crippen LogP contribution in [0.1, 0.15) is 25.7 Å². The minimum Gasteiger partial charge on any atom is -0.381 e. The van der Waals surface area contributed by atoms with Gasteiger partial charge in [-0.25, -0.2) is 18.2 Å². The number of halogens is 3. The summed E-state index contributed by atoms with van der Waals surface area (Å²) in [5, 5.41) is 9.21. The average Bonchev–Trinajstić information content (AvgIpc) is 2.74. The zero-order valence-electron chi connectivity index (χ0n) is 16.4. The highest BCUT2D eigenvalue weighted by Gasteiger charge is 2.54. The highest BCUT2D eigenvalue weighted by Crippen LogP contribution is 2.39. The number of hydroxylamine groups is 1. The molecule has 2 aliphatic heterocycles. The summed E-state index contributed by atoms with van der Waals surface area (Å²) < 4.78 is 68.6. The monoisotopic (exact) mass is 500 g/mol. The Morgan fingerprint density at radius 3 is 2.19 bits per heavy atom. The molecule has 2 saturated heterocycles. The van der Waals surface area contributed by atoms with Crippen LogP contribution in [0, 0.1) is 0 Å². The quantitative estimate of drug-likeness (QED) is 0.352. The van der Waals surface area contributed by atoms with Crippen molar-refractivity contribution in [3.8, 4) is 0 Å². The van der Waals surface area contributed by atoms with Gasteiger partial charge in [-0.15, -0.1) is 11.8 Å². The van der Waals surface area contributed by atoms with Crippen molar-refractivity contribution < 1.29 is 36.3 Å². The highest BCUT2D eigenvalue weighted by atomic mass is 32.2. The van der Waals surface area contributed by atoms with Gasteiger partial charge in [0.1, 0.15) is 0 Å². The van der Waals surface area contributed by atoms with Gasteiger partial charge in [0.15, 0.2) is 4.75 Å². The van der Waals surface area contributed by atoms with Crippen molar-refractivity contribution in [2.75, 3.05) is 26.3 Å². The van der Waals surface area contributed by atoms with Crippen molar-refractivity contribution in [2.24, 2.45) is 0 Å². The van der Waals surface area contributed by atoms with Gasteiger partial charge >= 0.3 is 5.51 Å². The molecular weight excluding hydrogens is 477 g/mol. The Morgan fingerprint density at radius 2 is 1.68 bits per heavy atom. The van der Waals surface area contributed by atoms with E-state index in [2.05, 4.69) is 0 Å². The molecule has 31 heavy (non-hydrogen) atoms. The van der Waals surface area contributed by atoms with Crippen LogP contribution in [0.4, 0.5) is 13.2 Å². The fourth-order valence-electron chi connectivity index (χ4n) is 3.75. The van der Waals surface area contributed by atoms with Crippen LogP contribution in [0.3, 0.4) is 0 Å². The van der Waals surface area contributed by atoms with Gasteiger partial charge in [-0.3, -0.25) is 10.0 Å². The number of sulfonamides is 1. The van der Waals surface area contributed by atoms with Crippen LogP contribution in [0.25, 0.3) is 0 Å². The van der Waals surface area contributed by atoms with E-state index in [0.29, 0.717) is 12.8 Å². The van der Waals surface area contributed by atoms with Crippen molar-refractivity contribution in [3.63, 3.8) is 0 Å². The summed E-state index contributed by atoms with van der Waals surface area (Å²) in [5.41, 5.74) is -2.83. The topological polar surface area (TPSA) is 95.9 Å². The van der Waals surface area contributed by atoms with Crippen LogP contribution in [-0.4, -0.2) is 65.6 Å². The number of amides is 1. The number of piperidine rings is 1. The van der Waals surface area contributed by atoms with E-state index in [1.807, 2.05) is 0 Å². The third kappa shape index (κ3) is 5.69. The molecule has 3 rings (SSSR count). The van der Waals surface area contributed by atoms with E-state index in [0.717, 1.165) is 4.90 Å². The van der Waals surface area contributed by atoms with E-state index in [1.165, 1.54) is 33.7 Å². The average molecular weight is 501 g/mol. The predicted octanol–water partition coefficient (Wildman–Crippen LogP) is 3.24. The van der Waals surface area contributed by atoms with Crippen molar-refractivity contribution in [3.05, 3.63) is 24.3 Å². The summed E-state index contributed by atoms with van der Waals surface area (Å²) in [6.07, 6.45) is 1.02. The number of alkyl halides is 3. The van der Waals surface area contributed by atoms with Crippen molar-refractivity contribution in [1.82, 2.24) is 9.79 Å². The highest BCUT2D eigenvalue weighted by molar-refractivity contribution is 8.00. The smallest absolute Gasteiger partial charge is 0.381 e. The number of hydrogen-bond donors (Lipinski definition) is 2. The number of hydrogen-bond acceptors (Lipinski definition) is 7. The first kappa shape index (κ1) is 24.6. The summed E-state index contributed by atoms with van der Waals surface area (Å²) in [6, 6.07) is 6.10. The number of carbonyl (C=O) groups excluding carboxylic acids is 1. The molecule has 2 heterocycles. The van der Waals surface area contributed by atoms with Crippen LogP contribution in [0.2, 0.25) is 0 Å². The van der Waals surface area contributed by atoms with Gasteiger partial charge in [-0.1, -0.05) is 0 Å². The van der Waals surface area contributed by atoms with E-state index in [4.69, 9.17) is 9.94 Å². The fourth-order valence-corrected chi connectivity index (χ4v) is 7.57. The Kier molecular flexibility index (Phi) is 7.85. The molecule has 0 spiro atoms. The number of nitrogens with one attached hydrogen (secondary N) is 1. The van der Waals surface area contributed by atoms with Gasteiger partial charge in [0.2, 0.25) is 10.0 Å². The molecule has 1 amide bonds. The normalized spacial score (nSPS) is 21.0. The van der Waals surface area contributed by atoms with Crippen LogP contribution in [-0.2, 0) is 19.6 Å². The SMILES string of the molecule is O=C(NO)C1(S(=O)(=O)N2CCC(Sc3ccc(SC(F)(F)F)cc3)CC2)CCOCC1. The molecule has 2 fully saturated rings. The Labute approximate surface area is 187 Å². The third-order valence-electron chi connectivity index (χ3n) is 5.41. The molecule has 0 aliphatic carbocycles. The zero-order valence-corrected chi connectivity index (χ0v) is 18.9. The number of nitrogens with zero attached hydrogens (tertiary/aromatic N) is 1. The lowest BCUT2D eigenvalue weighted by Gasteiger charge is -2.40. The first-order valence-corrected chi connectivity index (χ1v) is 12.8. The second kappa shape index (κ2) is 9.87. The molecule has 0 unspecified atom stereocenters. The molecule has 0 aromatic heterocycles. The fraction of sp³-hybridized carbons (Fsp3) is 0.611. The third-order valence-corrected chi connectivity index (χ3v) is 10.1. The Hall–Kier alpha value is -0.990. The van der Waals surface area contributed by atoms with E-state index in [1.54, 1.807) is 12.1 Å². The van der Waals surface area contributed by atoms with Crippen LogP contribution in [0.5, 0.6) is 0 Å². The first-order chi connectivity index (χ1) is 14.6. The van der Waals surface area contributed by atoms with Crippen LogP contribution >= 0.6 is 23.5 Å². The summed E-state index contributed by atoms with van der Waals surface area (Å²) in [4.78, 5) is 13.2. The first-order valence-electron chi connectivity index (χ1n) is 9.62. The number of rotatable bonds is 6. The van der Waals surface area contributed by atoms with Crippen molar-refractivity contribution in [1.29, 1.82) is 0 Å². The summed E-state index contributed by atoms with van der Waals surface area (Å²) >= 11 is 1.33. The van der Waals surface area contributed by atoms with Gasteiger partial charge in [-0.2, -0.15) is 13.2 Å². The molecule has 174 valence electrons. The lowest BCUT2D eigenvalue weighted by molar-refractivity contribution is -0.134. The van der Waals surface area contributed by atoms with Gasteiger partial charge in [-0.05, 0) is 48.9 Å². The molecule has 2 aliphatic rings. The molecule has 0 atom stereocenters. The lowest BCUT2D eigenvalue weighted by atomic mass is 9.98. The number of ether oxygens (including phenoxy) is 1. The zero-order chi connectivity index (χ0) is 22.7. The van der Waals surface area contributed by atoms with Gasteiger partial charge < -0.3 is 4.74 Å². The molecule has 1 aromatic carbocycles. The van der Waals surface area contributed by atoms with Gasteiger partial charge in [0, 0.05) is 54.2 Å². The van der Waals surface area contributed by atoms with Gasteiger partial charge in [0.05, 0.1) is 0 Å². The van der Waals surface area contributed by atoms with E-state index < -0.39 is 26.2 Å². The number of thioether (sulfide) groups is 2. The minimum atomic E-state index is -4.33. The Morgan fingerprint density at radius 1 is 1.13 bits per heavy atom. The predicted molar refractivity (Wildman–Crippen MR) is 110 cm³/mol. The van der Waals surface area contributed by atoms with Gasteiger partial charge in [0.25, 0.3) is 5.91 Å². The summed E-state index contributed by atoms with van der Waals surface area (Å²) in [6.45, 7) is 0.676. The minimum absolute atomic E-state index is 0.0291. The maximum Gasteiger partial charge on any atom is 0.446 e. The summed E-state index contributed by atoms with van der Waals surface area (Å²) in [7, 11) is -4.01. The maximum absolute atomic E-state index is 13.3. The molecule has 2 N–H and O–H groups in total. The second-order valence-electron chi connectivity index (χ2n) is 7.29. The molecule has 7 nitrogen and oxygen atoms in total.